The van der Waals surface area contributed by atoms with Gasteiger partial charge in [0.1, 0.15) is 5.60 Å². The molecule has 0 amide bonds. The van der Waals surface area contributed by atoms with Crippen LogP contribution in [-0.4, -0.2) is 27.6 Å². The minimum Gasteiger partial charge on any atom is -0.450 e. The number of carbonyl (C=O) groups excluding carboxylic acids is 1. The first-order valence-corrected chi connectivity index (χ1v) is 5.97. The van der Waals surface area contributed by atoms with E-state index < -0.39 is 11.7 Å². The van der Waals surface area contributed by atoms with E-state index in [-0.39, 0.29) is 16.2 Å². The van der Waals surface area contributed by atoms with E-state index in [1.165, 1.54) is 0 Å². The van der Waals surface area contributed by atoms with Gasteiger partial charge < -0.3 is 9.84 Å². The molecule has 1 N–H and O–H groups in total. The van der Waals surface area contributed by atoms with Crippen molar-refractivity contribution in [3.63, 3.8) is 0 Å². The zero-order chi connectivity index (χ0) is 11.4. The molecule has 0 unspecified atom stereocenters. The molecule has 84 valence electrons. The Morgan fingerprint density at radius 2 is 2.13 bits per heavy atom. The van der Waals surface area contributed by atoms with Crippen LogP contribution in [0.15, 0.2) is 11.6 Å². The summed E-state index contributed by atoms with van der Waals surface area (Å²) in [6.45, 7) is 5.91. The summed E-state index contributed by atoms with van der Waals surface area (Å²) in [5.74, 6) is -0.306. The first-order chi connectivity index (χ1) is 6.77. The topological polar surface area (TPSA) is 46.5 Å². The molecule has 2 rings (SSSR count). The molecule has 1 aliphatic carbocycles. The van der Waals surface area contributed by atoms with Gasteiger partial charge in [0.15, 0.2) is 0 Å². The molecule has 0 spiro atoms. The van der Waals surface area contributed by atoms with Crippen LogP contribution in [0.5, 0.6) is 0 Å². The maximum Gasteiger partial charge on any atom is 0.331 e. The van der Waals surface area contributed by atoms with Crippen molar-refractivity contribution < 1.29 is 14.6 Å². The lowest BCUT2D eigenvalue weighted by atomic mass is 9.65. The number of esters is 1. The average Bonchev–Trinajstić information content (AvgIpc) is 2.40. The lowest BCUT2D eigenvalue weighted by Crippen LogP contribution is -2.53. The van der Waals surface area contributed by atoms with E-state index in [0.717, 1.165) is 5.57 Å². The highest BCUT2D eigenvalue weighted by Crippen LogP contribution is 2.52. The zero-order valence-electron chi connectivity index (χ0n) is 9.08. The van der Waals surface area contributed by atoms with Crippen molar-refractivity contribution >= 4 is 21.9 Å². The third-order valence-corrected chi connectivity index (χ3v) is 4.91. The largest absolute Gasteiger partial charge is 0.450 e. The van der Waals surface area contributed by atoms with Crippen molar-refractivity contribution in [1.29, 1.82) is 0 Å². The van der Waals surface area contributed by atoms with E-state index in [9.17, 15) is 9.90 Å². The summed E-state index contributed by atoms with van der Waals surface area (Å²) in [7, 11) is 0. The second-order valence-corrected chi connectivity index (χ2v) is 6.13. The Morgan fingerprint density at radius 1 is 1.53 bits per heavy atom. The third-order valence-electron chi connectivity index (χ3n) is 3.42. The smallest absolute Gasteiger partial charge is 0.331 e. The van der Waals surface area contributed by atoms with Gasteiger partial charge in [-0.05, 0) is 24.3 Å². The molecule has 1 fully saturated rings. The SMILES string of the molecule is CC1(C)C[C@H](O)[C@@H](Br)[C@@]2(C)OC(=O)C=C12. The molecule has 0 bridgehead atoms. The van der Waals surface area contributed by atoms with Crippen molar-refractivity contribution in [2.24, 2.45) is 5.41 Å². The number of rotatable bonds is 0. The first kappa shape index (κ1) is 11.1. The highest BCUT2D eigenvalue weighted by atomic mass is 79.9. The molecule has 0 radical (unpaired) electrons. The quantitative estimate of drug-likeness (QED) is 0.541. The summed E-state index contributed by atoms with van der Waals surface area (Å²) < 4.78 is 5.33. The summed E-state index contributed by atoms with van der Waals surface area (Å²) in [5.41, 5.74) is 0.0928. The Labute approximate surface area is 97.6 Å². The van der Waals surface area contributed by atoms with Crippen LogP contribution < -0.4 is 0 Å². The molecule has 4 heteroatoms. The van der Waals surface area contributed by atoms with Gasteiger partial charge in [-0.1, -0.05) is 29.8 Å². The van der Waals surface area contributed by atoms with Crippen molar-refractivity contribution in [1.82, 2.24) is 0 Å². The Bertz CT molecular complexity index is 348. The van der Waals surface area contributed by atoms with Gasteiger partial charge in [-0.15, -0.1) is 0 Å². The summed E-state index contributed by atoms with van der Waals surface area (Å²) in [5, 5.41) is 9.95. The highest BCUT2D eigenvalue weighted by Gasteiger charge is 2.56. The summed E-state index contributed by atoms with van der Waals surface area (Å²) in [4.78, 5) is 11.1. The van der Waals surface area contributed by atoms with Crippen LogP contribution >= 0.6 is 15.9 Å². The Hall–Kier alpha value is -0.350. The molecule has 15 heavy (non-hydrogen) atoms. The Morgan fingerprint density at radius 3 is 2.73 bits per heavy atom. The standard InChI is InChI=1S/C11H15BrO3/c1-10(2)5-6(13)9(12)11(3)7(10)4-8(14)15-11/h4,6,9,13H,5H2,1-3H3/t6-,9+,11-/m0/s1. The molecular weight excluding hydrogens is 260 g/mol. The number of alkyl halides is 1. The molecular formula is C11H15BrO3. The van der Waals surface area contributed by atoms with Crippen LogP contribution in [0.1, 0.15) is 27.2 Å². The lowest BCUT2D eigenvalue weighted by molar-refractivity contribution is -0.148. The number of halogens is 1. The number of carbonyl (C=O) groups is 1. The molecule has 3 atom stereocenters. The van der Waals surface area contributed by atoms with Gasteiger partial charge in [0, 0.05) is 6.08 Å². The number of aliphatic hydroxyl groups excluding tert-OH is 1. The molecule has 0 aromatic carbocycles. The normalized spacial score (nSPS) is 43.3. The molecule has 1 aliphatic heterocycles. The molecule has 1 saturated carbocycles. The van der Waals surface area contributed by atoms with Crippen LogP contribution in [0, 0.1) is 5.41 Å². The number of fused-ring (bicyclic) bond motifs is 1. The maximum atomic E-state index is 11.4. The minimum atomic E-state index is -0.696. The minimum absolute atomic E-state index is 0.190. The predicted molar refractivity (Wildman–Crippen MR) is 59.7 cm³/mol. The second kappa shape index (κ2) is 3.08. The van der Waals surface area contributed by atoms with E-state index in [1.54, 1.807) is 6.08 Å². The van der Waals surface area contributed by atoms with Crippen LogP contribution in [0.3, 0.4) is 0 Å². The molecule has 0 aromatic rings. The van der Waals surface area contributed by atoms with Crippen molar-refractivity contribution in [2.75, 3.05) is 0 Å². The summed E-state index contributed by atoms with van der Waals surface area (Å²) in [6.07, 6.45) is 1.72. The van der Waals surface area contributed by atoms with Gasteiger partial charge in [-0.2, -0.15) is 0 Å². The molecule has 0 aromatic heterocycles. The van der Waals surface area contributed by atoms with Gasteiger partial charge in [-0.25, -0.2) is 4.79 Å². The van der Waals surface area contributed by atoms with Crippen molar-refractivity contribution in [2.45, 2.75) is 43.7 Å². The van der Waals surface area contributed by atoms with Crippen LogP contribution in [-0.2, 0) is 9.53 Å². The fraction of sp³-hybridized carbons (Fsp3) is 0.727. The van der Waals surface area contributed by atoms with Gasteiger partial charge in [0.25, 0.3) is 0 Å². The van der Waals surface area contributed by atoms with Gasteiger partial charge in [-0.3, -0.25) is 0 Å². The molecule has 1 heterocycles. The Balaban J connectivity index is 2.49. The number of ether oxygens (including phenoxy) is 1. The van der Waals surface area contributed by atoms with Crippen LogP contribution in [0.4, 0.5) is 0 Å². The zero-order valence-corrected chi connectivity index (χ0v) is 10.7. The molecule has 3 nitrogen and oxygen atoms in total. The second-order valence-electron chi connectivity index (χ2n) is 5.14. The first-order valence-electron chi connectivity index (χ1n) is 5.05. The third kappa shape index (κ3) is 1.46. The van der Waals surface area contributed by atoms with E-state index >= 15 is 0 Å². The maximum absolute atomic E-state index is 11.4. The molecule has 0 saturated heterocycles. The highest BCUT2D eigenvalue weighted by molar-refractivity contribution is 9.09. The predicted octanol–water partition coefficient (Wildman–Crippen LogP) is 1.78. The summed E-state index contributed by atoms with van der Waals surface area (Å²) >= 11 is 3.43. The monoisotopic (exact) mass is 274 g/mol. The number of hydrogen-bond acceptors (Lipinski definition) is 3. The fourth-order valence-electron chi connectivity index (χ4n) is 2.73. The van der Waals surface area contributed by atoms with Gasteiger partial charge in [0.05, 0.1) is 10.9 Å². The Kier molecular flexibility index (Phi) is 2.29. The number of aliphatic hydroxyl groups is 1. The summed E-state index contributed by atoms with van der Waals surface area (Å²) in [6, 6.07) is 0. The lowest BCUT2D eigenvalue weighted by Gasteiger charge is -2.47. The van der Waals surface area contributed by atoms with E-state index in [0.29, 0.717) is 6.42 Å². The average molecular weight is 275 g/mol. The van der Waals surface area contributed by atoms with E-state index in [4.69, 9.17) is 4.74 Å². The van der Waals surface area contributed by atoms with Crippen molar-refractivity contribution in [3.05, 3.63) is 11.6 Å². The van der Waals surface area contributed by atoms with E-state index in [1.807, 2.05) is 20.8 Å². The fourth-order valence-corrected chi connectivity index (χ4v) is 3.26. The molecule has 2 aliphatic rings. The van der Waals surface area contributed by atoms with Crippen LogP contribution in [0.25, 0.3) is 0 Å². The number of hydrogen-bond donors (Lipinski definition) is 1. The van der Waals surface area contributed by atoms with Crippen molar-refractivity contribution in [3.8, 4) is 0 Å². The van der Waals surface area contributed by atoms with Gasteiger partial charge in [0.2, 0.25) is 0 Å². The van der Waals surface area contributed by atoms with Gasteiger partial charge >= 0.3 is 5.97 Å². The van der Waals surface area contributed by atoms with Crippen LogP contribution in [0.2, 0.25) is 0 Å². The van der Waals surface area contributed by atoms with E-state index in [2.05, 4.69) is 15.9 Å².